The maximum atomic E-state index is 11.6. The highest BCUT2D eigenvalue weighted by Gasteiger charge is 2.21. The van der Waals surface area contributed by atoms with Gasteiger partial charge in [-0.15, -0.1) is 0 Å². The van der Waals surface area contributed by atoms with Crippen LogP contribution in [0.2, 0.25) is 0 Å². The van der Waals surface area contributed by atoms with Crippen LogP contribution >= 0.6 is 0 Å². The summed E-state index contributed by atoms with van der Waals surface area (Å²) in [6.07, 6.45) is 5.61. The molecule has 0 unspecified atom stereocenters. The normalized spacial score (nSPS) is 11.8. The van der Waals surface area contributed by atoms with Crippen LogP contribution in [0.5, 0.6) is 0 Å². The summed E-state index contributed by atoms with van der Waals surface area (Å²) in [5.41, 5.74) is -0.848. The van der Waals surface area contributed by atoms with E-state index in [1.807, 2.05) is 12.1 Å². The first kappa shape index (κ1) is 20.7. The van der Waals surface area contributed by atoms with Crippen LogP contribution in [0.1, 0.15) is 38.8 Å². The number of esters is 2. The molecule has 1 rings (SSSR count). The molecule has 1 aromatic carbocycles. The van der Waals surface area contributed by atoms with Crippen molar-refractivity contribution in [3.63, 3.8) is 0 Å². The lowest BCUT2D eigenvalue weighted by Gasteiger charge is -2.14. The van der Waals surface area contributed by atoms with E-state index in [0.717, 1.165) is 11.1 Å². The van der Waals surface area contributed by atoms with Gasteiger partial charge in [0, 0.05) is 12.2 Å². The third-order valence-corrected chi connectivity index (χ3v) is 3.01. The molecule has 26 heavy (non-hydrogen) atoms. The Kier molecular flexibility index (Phi) is 6.87. The zero-order valence-corrected chi connectivity index (χ0v) is 15.1. The van der Waals surface area contributed by atoms with E-state index in [0.29, 0.717) is 0 Å². The average molecular weight is 352 g/mol. The van der Waals surface area contributed by atoms with Crippen molar-refractivity contribution >= 4 is 24.1 Å². The van der Waals surface area contributed by atoms with Crippen molar-refractivity contribution in [2.75, 3.05) is 0 Å². The van der Waals surface area contributed by atoms with Gasteiger partial charge in [-0.2, -0.15) is 10.5 Å². The molecule has 0 atom stereocenters. The van der Waals surface area contributed by atoms with Crippen LogP contribution in [0.15, 0.2) is 36.4 Å². The standard InChI is InChI=1S/C20H20N2O4/c1-19(2,13-21)25-17(23)11-9-15-5-7-16(8-6-15)10-12-18(24)26-20(3,4)14-22/h5-12H,1-4H3/b11-9+,12-10+. The SMILES string of the molecule is CC(C)(C#N)OC(=O)/C=C/c1ccc(/C=C/C(=O)OC(C)(C)C#N)cc1. The van der Waals surface area contributed by atoms with Crippen LogP contribution < -0.4 is 0 Å². The topological polar surface area (TPSA) is 100 Å². The van der Waals surface area contributed by atoms with Gasteiger partial charge in [-0.25, -0.2) is 9.59 Å². The molecular weight excluding hydrogens is 332 g/mol. The summed E-state index contributed by atoms with van der Waals surface area (Å²) in [5, 5.41) is 17.6. The van der Waals surface area contributed by atoms with Crippen LogP contribution in [0.4, 0.5) is 0 Å². The molecule has 0 aromatic heterocycles. The van der Waals surface area contributed by atoms with Gasteiger partial charge in [0.1, 0.15) is 12.1 Å². The second-order valence-electron chi connectivity index (χ2n) is 6.42. The van der Waals surface area contributed by atoms with Gasteiger partial charge >= 0.3 is 11.9 Å². The predicted octanol–water partition coefficient (Wildman–Crippen LogP) is 3.40. The Morgan fingerprint density at radius 2 is 1.12 bits per heavy atom. The number of hydrogen-bond acceptors (Lipinski definition) is 6. The van der Waals surface area contributed by atoms with Crippen molar-refractivity contribution in [1.29, 1.82) is 10.5 Å². The summed E-state index contributed by atoms with van der Waals surface area (Å²) < 4.78 is 9.95. The summed E-state index contributed by atoms with van der Waals surface area (Å²) in [6, 6.07) is 10.8. The molecule has 134 valence electrons. The summed E-state index contributed by atoms with van der Waals surface area (Å²) in [7, 11) is 0. The Bertz CT molecular complexity index is 735. The van der Waals surface area contributed by atoms with Gasteiger partial charge in [0.2, 0.25) is 0 Å². The van der Waals surface area contributed by atoms with Crippen LogP contribution in [-0.4, -0.2) is 23.1 Å². The third-order valence-electron chi connectivity index (χ3n) is 3.01. The number of carbonyl (C=O) groups excluding carboxylic acids is 2. The molecular formula is C20H20N2O4. The second kappa shape index (κ2) is 8.64. The van der Waals surface area contributed by atoms with Crippen molar-refractivity contribution in [2.24, 2.45) is 0 Å². The van der Waals surface area contributed by atoms with Crippen molar-refractivity contribution in [1.82, 2.24) is 0 Å². The van der Waals surface area contributed by atoms with Crippen molar-refractivity contribution < 1.29 is 19.1 Å². The number of nitriles is 2. The van der Waals surface area contributed by atoms with Gasteiger partial charge in [0.15, 0.2) is 11.2 Å². The molecule has 0 fully saturated rings. The Balaban J connectivity index is 2.67. The minimum Gasteiger partial charge on any atom is -0.441 e. The lowest BCUT2D eigenvalue weighted by Crippen LogP contribution is -2.24. The average Bonchev–Trinajstić information content (AvgIpc) is 2.58. The highest BCUT2D eigenvalue weighted by molar-refractivity contribution is 5.88. The lowest BCUT2D eigenvalue weighted by atomic mass is 10.1. The first-order chi connectivity index (χ1) is 12.1. The summed E-state index contributed by atoms with van der Waals surface area (Å²) in [6.45, 7) is 6.01. The zero-order valence-electron chi connectivity index (χ0n) is 15.1. The number of carbonyl (C=O) groups is 2. The number of hydrogen-bond donors (Lipinski definition) is 0. The molecule has 0 aliphatic heterocycles. The minimum absolute atomic E-state index is 0.608. The first-order valence-corrected chi connectivity index (χ1v) is 7.81. The molecule has 0 radical (unpaired) electrons. The Hall–Kier alpha value is -3.38. The molecule has 0 aliphatic carbocycles. The van der Waals surface area contributed by atoms with E-state index in [1.54, 1.807) is 36.4 Å². The van der Waals surface area contributed by atoms with E-state index in [4.69, 9.17) is 20.0 Å². The summed E-state index contributed by atoms with van der Waals surface area (Å²) in [5.74, 6) is -1.22. The fourth-order valence-corrected chi connectivity index (χ4v) is 1.66. The molecule has 0 spiro atoms. The molecule has 1 aromatic rings. The van der Waals surface area contributed by atoms with E-state index < -0.39 is 23.1 Å². The van der Waals surface area contributed by atoms with Crippen LogP contribution in [-0.2, 0) is 19.1 Å². The molecule has 0 N–H and O–H groups in total. The van der Waals surface area contributed by atoms with Crippen molar-refractivity contribution in [2.45, 2.75) is 38.9 Å². The van der Waals surface area contributed by atoms with Crippen molar-refractivity contribution in [3.8, 4) is 12.1 Å². The molecule has 0 bridgehead atoms. The maximum Gasteiger partial charge on any atom is 0.332 e. The molecule has 0 saturated carbocycles. The number of nitrogens with zero attached hydrogens (tertiary/aromatic N) is 2. The smallest absolute Gasteiger partial charge is 0.332 e. The Morgan fingerprint density at radius 1 is 0.808 bits per heavy atom. The van der Waals surface area contributed by atoms with Gasteiger partial charge in [-0.3, -0.25) is 0 Å². The minimum atomic E-state index is -1.18. The first-order valence-electron chi connectivity index (χ1n) is 7.81. The fraction of sp³-hybridized carbons (Fsp3) is 0.300. The fourth-order valence-electron chi connectivity index (χ4n) is 1.66. The molecule has 6 heteroatoms. The van der Waals surface area contributed by atoms with E-state index in [1.165, 1.54) is 39.8 Å². The number of benzene rings is 1. The summed E-state index contributed by atoms with van der Waals surface area (Å²) in [4.78, 5) is 23.3. The van der Waals surface area contributed by atoms with E-state index >= 15 is 0 Å². The van der Waals surface area contributed by atoms with Crippen LogP contribution in [0.25, 0.3) is 12.2 Å². The van der Waals surface area contributed by atoms with E-state index in [-0.39, 0.29) is 0 Å². The number of ether oxygens (including phenoxy) is 2. The third kappa shape index (κ3) is 7.46. The second-order valence-corrected chi connectivity index (χ2v) is 6.42. The van der Waals surface area contributed by atoms with Crippen LogP contribution in [0.3, 0.4) is 0 Å². The molecule has 0 heterocycles. The zero-order chi connectivity index (χ0) is 19.8. The van der Waals surface area contributed by atoms with E-state index in [9.17, 15) is 9.59 Å². The van der Waals surface area contributed by atoms with E-state index in [2.05, 4.69) is 0 Å². The molecule has 0 saturated heterocycles. The number of rotatable bonds is 6. The summed E-state index contributed by atoms with van der Waals surface area (Å²) >= 11 is 0. The van der Waals surface area contributed by atoms with Crippen LogP contribution in [0, 0.1) is 22.7 Å². The molecule has 0 aliphatic rings. The van der Waals surface area contributed by atoms with Gasteiger partial charge in [-0.05, 0) is 51.0 Å². The van der Waals surface area contributed by atoms with Gasteiger partial charge in [-0.1, -0.05) is 24.3 Å². The highest BCUT2D eigenvalue weighted by atomic mass is 16.6. The quantitative estimate of drug-likeness (QED) is 0.574. The monoisotopic (exact) mass is 352 g/mol. The van der Waals surface area contributed by atoms with Gasteiger partial charge < -0.3 is 9.47 Å². The van der Waals surface area contributed by atoms with Gasteiger partial charge in [0.05, 0.1) is 0 Å². The molecule has 0 amide bonds. The van der Waals surface area contributed by atoms with Gasteiger partial charge in [0.25, 0.3) is 0 Å². The Morgan fingerprint density at radius 3 is 1.38 bits per heavy atom. The largest absolute Gasteiger partial charge is 0.441 e. The molecule has 6 nitrogen and oxygen atoms in total. The Labute approximate surface area is 152 Å². The van der Waals surface area contributed by atoms with Crippen molar-refractivity contribution in [3.05, 3.63) is 47.5 Å². The highest BCUT2D eigenvalue weighted by Crippen LogP contribution is 2.12. The predicted molar refractivity (Wildman–Crippen MR) is 96.1 cm³/mol. The lowest BCUT2D eigenvalue weighted by molar-refractivity contribution is -0.146. The maximum absolute atomic E-state index is 11.6.